The van der Waals surface area contributed by atoms with E-state index in [0.29, 0.717) is 180 Å². The van der Waals surface area contributed by atoms with E-state index in [9.17, 15) is 33.6 Å². The van der Waals surface area contributed by atoms with E-state index in [-0.39, 0.29) is 41.1 Å². The number of aromatic nitrogens is 16. The number of carbonyl (C=O) groups is 4. The van der Waals surface area contributed by atoms with E-state index in [1.54, 1.807) is 91.1 Å². The van der Waals surface area contributed by atoms with Crippen LogP contribution in [0.15, 0.2) is 246 Å². The fraction of sp³-hybridized carbons (Fsp3) is 0.287. The molecule has 36 heteroatoms. The standard InChI is InChI=1S/C35H35N9O4.C30H33N5O5.C26H26N4O3.C10H11ClN4O/c1-3-25(41-31-30-33(39-20-38-31)43(21-40-30)28-14-7-8-17-48-28)32-42-27-13-9-12-26(29(27)34(45)44(32)24-10-5-4-6-11-24)37-19-23-16-15-22(18-36-23)35(46)47-2;1-6-22(34-29(38)40-30(2,3)4)26-33-24-14-10-13-23(25(24)27(36)35(26)21-11-8-7-9-12-21)32-18-20-16-15-19(17-31-20)28(37)39-5;1-3-20(27)24-29-22-11-7-10-21(23(22)25(31)30(24)19-8-5-4-6-9-19)28-16-17-12-14-18(15-13-17)26(32)33-2;11-9-8-10(13-5-12-9)15(6-14-8)7-3-1-2-4-16-7/h4-6,9-13,15-16,18,20-21,25,28,37H,3,7-8,14,17,19H2,1-2H3,(H,38,39,41);7-17,22,32H,6,18H2,1-5H3,(H,34,38);4-15,20,28H,3,16,27H2,1-2H3;5-7H,1-4H2/t25-,28?;22-;20-;/m000./s1. The van der Waals surface area contributed by atoms with Gasteiger partial charge >= 0.3 is 24.0 Å². The fourth-order valence-electron chi connectivity index (χ4n) is 15.9. The van der Waals surface area contributed by atoms with Gasteiger partial charge in [-0.05, 0) is 193 Å². The Balaban J connectivity index is 0.000000146. The molecule has 0 radical (unpaired) electrons. The molecule has 7 N–H and O–H groups in total. The topological polar surface area (TPSA) is 427 Å². The number of hydrogen-bond donors (Lipinski definition) is 6. The summed E-state index contributed by atoms with van der Waals surface area (Å²) in [5.41, 5.74) is 16.8. The van der Waals surface area contributed by atoms with Crippen molar-refractivity contribution in [3.63, 3.8) is 0 Å². The predicted octanol–water partition coefficient (Wildman–Crippen LogP) is 17.1. The lowest BCUT2D eigenvalue weighted by molar-refractivity contribution is -0.0299. The predicted molar refractivity (Wildman–Crippen MR) is 523 cm³/mol. The number of hydrogen-bond acceptors (Lipinski definition) is 29. The number of anilines is 4. The quantitative estimate of drug-likeness (QED) is 0.0167. The number of pyridine rings is 2. The molecule has 35 nitrogen and oxygen atoms in total. The SMILES string of the molecule is CC[C@H](N)c1nc2cccc(NCc3ccc(C(=O)OC)cc3)c2c(=O)n1-c1ccccc1.CC[C@H](NC(=O)OC(C)(C)C)c1nc2cccc(NCc3ccc(C(=O)OC)cn3)c2c(=O)n1-c1ccccc1.CC[C@H](Nc1ncnc2c1ncn2C1CCCCO1)c1nc2cccc(NCc3ccc(C(=O)OC)cn3)c2c(=O)n1-c1ccccc1.Clc1ncnc2c1ncn2C1CCCCO1. The number of imidazole rings is 2. The van der Waals surface area contributed by atoms with Crippen LogP contribution in [0.5, 0.6) is 0 Å². The first-order chi connectivity index (χ1) is 66.5. The number of esters is 3. The maximum Gasteiger partial charge on any atom is 0.408 e. The molecule has 9 aromatic heterocycles. The monoisotopic (exact) mass is 1870 g/mol. The van der Waals surface area contributed by atoms with E-state index >= 15 is 0 Å². The van der Waals surface area contributed by atoms with Crippen LogP contribution >= 0.6 is 11.6 Å². The molecule has 5 atom stereocenters. The highest BCUT2D eigenvalue weighted by atomic mass is 35.5. The van der Waals surface area contributed by atoms with Gasteiger partial charge in [0.1, 0.15) is 53.7 Å². The molecule has 1 amide bonds. The molecule has 704 valence electrons. The summed E-state index contributed by atoms with van der Waals surface area (Å²) in [4.78, 5) is 140. The number of nitrogens with two attached hydrogens (primary N) is 1. The summed E-state index contributed by atoms with van der Waals surface area (Å²) in [5.74, 6) is 0.739. The van der Waals surface area contributed by atoms with Crippen LogP contribution in [-0.2, 0) is 48.1 Å². The molecule has 2 fully saturated rings. The van der Waals surface area contributed by atoms with Crippen LogP contribution in [0.25, 0.3) is 72.1 Å². The smallest absolute Gasteiger partial charge is 0.408 e. The third-order valence-electron chi connectivity index (χ3n) is 22.9. The number of ether oxygens (including phenoxy) is 6. The van der Waals surface area contributed by atoms with Gasteiger partial charge in [0.05, 0.1) is 143 Å². The summed E-state index contributed by atoms with van der Waals surface area (Å²) in [6, 6.07) is 57.1. The van der Waals surface area contributed by atoms with Crippen molar-refractivity contribution in [1.82, 2.24) is 83.0 Å². The lowest BCUT2D eigenvalue weighted by Crippen LogP contribution is -2.37. The maximum absolute atomic E-state index is 14.5. The molecule has 16 aromatic rings. The van der Waals surface area contributed by atoms with Crippen LogP contribution in [0, 0.1) is 0 Å². The Kier molecular flexibility index (Phi) is 31.2. The van der Waals surface area contributed by atoms with Gasteiger partial charge in [0.15, 0.2) is 27.8 Å². The molecule has 2 unspecified atom stereocenters. The van der Waals surface area contributed by atoms with Crippen molar-refractivity contribution in [2.24, 2.45) is 5.73 Å². The number of nitrogens with one attached hydrogen (secondary N) is 5. The van der Waals surface area contributed by atoms with Crippen LogP contribution in [0.2, 0.25) is 5.15 Å². The highest BCUT2D eigenvalue weighted by Gasteiger charge is 2.30. The average Bonchev–Trinajstić information content (AvgIpc) is 1.02. The zero-order chi connectivity index (χ0) is 96.2. The van der Waals surface area contributed by atoms with Crippen LogP contribution in [0.1, 0.15) is 195 Å². The number of benzene rings is 7. The van der Waals surface area contributed by atoms with Gasteiger partial charge < -0.3 is 60.7 Å². The van der Waals surface area contributed by atoms with Crippen LogP contribution in [-0.4, -0.2) is 142 Å². The van der Waals surface area contributed by atoms with Crippen molar-refractivity contribution in [3.05, 3.63) is 319 Å². The van der Waals surface area contributed by atoms with Crippen molar-refractivity contribution in [1.29, 1.82) is 0 Å². The van der Waals surface area contributed by atoms with Crippen LogP contribution < -0.4 is 49.0 Å². The van der Waals surface area contributed by atoms with Gasteiger partial charge in [-0.2, -0.15) is 0 Å². The minimum atomic E-state index is -0.673. The molecule has 0 saturated carbocycles. The van der Waals surface area contributed by atoms with Gasteiger partial charge in [-0.15, -0.1) is 0 Å². The minimum Gasteiger partial charge on any atom is -0.465 e. The number of alkyl carbamates (subject to hydrolysis) is 1. The largest absolute Gasteiger partial charge is 0.465 e. The number of nitrogens with zero attached hydrogens (tertiary/aromatic N) is 16. The molecule has 2 aliphatic heterocycles. The highest BCUT2D eigenvalue weighted by Crippen LogP contribution is 2.35. The Morgan fingerprint density at radius 3 is 1.30 bits per heavy atom. The Labute approximate surface area is 792 Å². The summed E-state index contributed by atoms with van der Waals surface area (Å²) >= 11 is 5.94. The lowest BCUT2D eigenvalue weighted by atomic mass is 10.1. The zero-order valence-electron chi connectivity index (χ0n) is 77.1. The average molecular weight is 1870 g/mol. The van der Waals surface area contributed by atoms with E-state index in [4.69, 9.17) is 60.7 Å². The van der Waals surface area contributed by atoms with Crippen molar-refractivity contribution in [3.8, 4) is 17.1 Å². The molecule has 18 rings (SSSR count). The molecular formula is C101H105ClN22O13. The van der Waals surface area contributed by atoms with E-state index in [1.807, 2.05) is 175 Å². The number of methoxy groups -OCH3 is 3. The van der Waals surface area contributed by atoms with Gasteiger partial charge in [0.25, 0.3) is 16.7 Å². The van der Waals surface area contributed by atoms with Crippen LogP contribution in [0.3, 0.4) is 0 Å². The molecule has 11 heterocycles. The molecule has 137 heavy (non-hydrogen) atoms. The summed E-state index contributed by atoms with van der Waals surface area (Å²) in [6.45, 7) is 13.9. The normalized spacial score (nSPS) is 14.2. The van der Waals surface area contributed by atoms with Crippen molar-refractivity contribution in [2.45, 2.75) is 155 Å². The maximum atomic E-state index is 14.5. The molecule has 2 aliphatic rings. The van der Waals surface area contributed by atoms with Crippen molar-refractivity contribution in [2.75, 3.05) is 55.8 Å². The molecule has 0 bridgehead atoms. The van der Waals surface area contributed by atoms with Crippen molar-refractivity contribution < 1.29 is 47.6 Å². The third-order valence-corrected chi connectivity index (χ3v) is 23.2. The minimum absolute atomic E-state index is 0.0321. The number of amides is 1. The Hall–Kier alpha value is -15.6. The summed E-state index contributed by atoms with van der Waals surface area (Å²) in [6.07, 6.45) is 16.8. The van der Waals surface area contributed by atoms with Gasteiger partial charge in [0.2, 0.25) is 0 Å². The van der Waals surface area contributed by atoms with Crippen molar-refractivity contribution >= 4 is 114 Å². The number of rotatable bonds is 26. The van der Waals surface area contributed by atoms with E-state index in [0.717, 1.165) is 55.6 Å². The lowest BCUT2D eigenvalue weighted by Gasteiger charge is -2.25. The van der Waals surface area contributed by atoms with E-state index in [1.165, 1.54) is 57.4 Å². The third kappa shape index (κ3) is 22.4. The van der Waals surface area contributed by atoms with Gasteiger partial charge in [0, 0.05) is 49.2 Å². The molecular weight excluding hydrogens is 1760 g/mol. The zero-order valence-corrected chi connectivity index (χ0v) is 77.9. The molecule has 7 aromatic carbocycles. The number of halogens is 1. The Bertz CT molecular complexity index is 7140. The summed E-state index contributed by atoms with van der Waals surface area (Å²) in [7, 11) is 4.00. The second-order valence-corrected chi connectivity index (χ2v) is 33.5. The highest BCUT2D eigenvalue weighted by molar-refractivity contribution is 6.33. The van der Waals surface area contributed by atoms with Crippen LogP contribution in [0.4, 0.5) is 27.7 Å². The fourth-order valence-corrected chi connectivity index (χ4v) is 16.1. The molecule has 2 saturated heterocycles. The second kappa shape index (κ2) is 44.5. The van der Waals surface area contributed by atoms with Gasteiger partial charge in [-0.3, -0.25) is 47.2 Å². The Morgan fingerprint density at radius 2 is 0.876 bits per heavy atom. The molecule has 0 aliphatic carbocycles. The van der Waals surface area contributed by atoms with E-state index < -0.39 is 35.7 Å². The van der Waals surface area contributed by atoms with E-state index in [2.05, 4.69) is 66.5 Å². The number of fused-ring (bicyclic) bond motifs is 5. The summed E-state index contributed by atoms with van der Waals surface area (Å²) in [5, 5.41) is 18.1. The van der Waals surface area contributed by atoms with Gasteiger partial charge in [-0.25, -0.2) is 64.0 Å². The number of para-hydroxylation sites is 3. The number of carbonyl (C=O) groups excluding carboxylic acids is 4. The second-order valence-electron chi connectivity index (χ2n) is 33.2. The first-order valence-electron chi connectivity index (χ1n) is 45.1. The van der Waals surface area contributed by atoms with Gasteiger partial charge in [-0.1, -0.05) is 117 Å². The Morgan fingerprint density at radius 1 is 0.460 bits per heavy atom. The summed E-state index contributed by atoms with van der Waals surface area (Å²) < 4.78 is 40.1. The molecule has 0 spiro atoms. The first kappa shape index (κ1) is 96.0. The first-order valence-corrected chi connectivity index (χ1v) is 45.5.